The summed E-state index contributed by atoms with van der Waals surface area (Å²) in [5.41, 5.74) is 1.27. The van der Waals surface area contributed by atoms with Crippen LogP contribution in [0.2, 0.25) is 0 Å². The topological polar surface area (TPSA) is 3.24 Å². The molecule has 1 heterocycles. The van der Waals surface area contributed by atoms with Crippen LogP contribution in [0.25, 0.3) is 0 Å². The van der Waals surface area contributed by atoms with Crippen molar-refractivity contribution in [2.45, 2.75) is 33.1 Å². The second kappa shape index (κ2) is 6.49. The quantitative estimate of drug-likeness (QED) is 0.632. The Hall–Kier alpha value is -0.980. The third-order valence-corrected chi connectivity index (χ3v) is 3.00. The Kier molecular flexibility index (Phi) is 5.23. The zero-order valence-electron chi connectivity index (χ0n) is 10.1. The molecule has 1 aliphatic heterocycles. The van der Waals surface area contributed by atoms with Crippen molar-refractivity contribution in [2.75, 3.05) is 13.1 Å². The second-order valence-corrected chi connectivity index (χ2v) is 4.30. The highest BCUT2D eigenvalue weighted by Gasteiger charge is 2.15. The van der Waals surface area contributed by atoms with Crippen molar-refractivity contribution in [1.82, 2.24) is 4.90 Å². The first-order chi connectivity index (χ1) is 7.27. The van der Waals surface area contributed by atoms with Gasteiger partial charge in [-0.1, -0.05) is 32.6 Å². The van der Waals surface area contributed by atoms with E-state index in [1.807, 2.05) is 6.08 Å². The maximum atomic E-state index is 3.89. The van der Waals surface area contributed by atoms with Crippen LogP contribution in [0.3, 0.4) is 0 Å². The summed E-state index contributed by atoms with van der Waals surface area (Å²) in [6, 6.07) is 0. The molecule has 0 N–H and O–H groups in total. The normalized spacial score (nSPS) is 19.9. The van der Waals surface area contributed by atoms with Gasteiger partial charge >= 0.3 is 0 Å². The van der Waals surface area contributed by atoms with E-state index >= 15 is 0 Å². The summed E-state index contributed by atoms with van der Waals surface area (Å²) >= 11 is 0. The zero-order valence-corrected chi connectivity index (χ0v) is 10.1. The van der Waals surface area contributed by atoms with E-state index in [9.17, 15) is 0 Å². The first-order valence-electron chi connectivity index (χ1n) is 6.02. The molecule has 84 valence electrons. The standard InChI is InChI=1S/C14H23N/c1-4-6-7-8-14(5-2)15-11-9-13(3)10-12-15/h5-8,13H,2,4,9-12H2,1,3H3/b7-6-,14-8+. The Morgan fingerprint density at radius 2 is 2.07 bits per heavy atom. The maximum Gasteiger partial charge on any atom is 0.0360 e. The minimum Gasteiger partial charge on any atom is -0.372 e. The fourth-order valence-corrected chi connectivity index (χ4v) is 1.87. The number of hydrogen-bond acceptors (Lipinski definition) is 1. The molecule has 0 aromatic heterocycles. The van der Waals surface area contributed by atoms with Crippen LogP contribution in [-0.2, 0) is 0 Å². The molecule has 1 rings (SSSR count). The minimum absolute atomic E-state index is 0.887. The van der Waals surface area contributed by atoms with Crippen LogP contribution in [0.5, 0.6) is 0 Å². The molecule has 0 radical (unpaired) electrons. The van der Waals surface area contributed by atoms with E-state index in [1.54, 1.807) is 0 Å². The fourth-order valence-electron chi connectivity index (χ4n) is 1.87. The zero-order chi connectivity index (χ0) is 11.1. The van der Waals surface area contributed by atoms with Crippen LogP contribution in [-0.4, -0.2) is 18.0 Å². The van der Waals surface area contributed by atoms with E-state index in [4.69, 9.17) is 0 Å². The Bertz CT molecular complexity index is 242. The van der Waals surface area contributed by atoms with Gasteiger partial charge in [-0.2, -0.15) is 0 Å². The Balaban J connectivity index is 2.54. The molecule has 0 bridgehead atoms. The van der Waals surface area contributed by atoms with E-state index in [-0.39, 0.29) is 0 Å². The largest absolute Gasteiger partial charge is 0.372 e. The number of piperidine rings is 1. The first kappa shape index (κ1) is 12.1. The predicted molar refractivity (Wildman–Crippen MR) is 67.7 cm³/mol. The number of likely N-dealkylation sites (tertiary alicyclic amines) is 1. The summed E-state index contributed by atoms with van der Waals surface area (Å²) in [5.74, 6) is 0.887. The van der Waals surface area contributed by atoms with Gasteiger partial charge in [0.15, 0.2) is 0 Å². The summed E-state index contributed by atoms with van der Waals surface area (Å²) in [4.78, 5) is 2.44. The van der Waals surface area contributed by atoms with Gasteiger partial charge in [0.1, 0.15) is 0 Å². The monoisotopic (exact) mass is 205 g/mol. The van der Waals surface area contributed by atoms with E-state index in [2.05, 4.69) is 43.6 Å². The molecule has 0 unspecified atom stereocenters. The van der Waals surface area contributed by atoms with Crippen LogP contribution in [0.1, 0.15) is 33.1 Å². The van der Waals surface area contributed by atoms with E-state index < -0.39 is 0 Å². The van der Waals surface area contributed by atoms with E-state index in [0.717, 1.165) is 12.3 Å². The van der Waals surface area contributed by atoms with Gasteiger partial charge in [-0.05, 0) is 37.3 Å². The fraction of sp³-hybridized carbons (Fsp3) is 0.571. The molecule has 1 fully saturated rings. The van der Waals surface area contributed by atoms with Crippen LogP contribution < -0.4 is 0 Å². The lowest BCUT2D eigenvalue weighted by Gasteiger charge is -2.32. The van der Waals surface area contributed by atoms with Gasteiger partial charge in [-0.25, -0.2) is 0 Å². The second-order valence-electron chi connectivity index (χ2n) is 4.30. The molecule has 1 saturated heterocycles. The molecule has 0 amide bonds. The molecule has 0 aromatic rings. The van der Waals surface area contributed by atoms with Crippen LogP contribution in [0, 0.1) is 5.92 Å². The third kappa shape index (κ3) is 3.94. The Labute approximate surface area is 94.2 Å². The number of rotatable bonds is 4. The third-order valence-electron chi connectivity index (χ3n) is 3.00. The van der Waals surface area contributed by atoms with Crippen molar-refractivity contribution in [2.24, 2.45) is 5.92 Å². The summed E-state index contributed by atoms with van der Waals surface area (Å²) < 4.78 is 0. The minimum atomic E-state index is 0.887. The van der Waals surface area contributed by atoms with Gasteiger partial charge in [0, 0.05) is 18.8 Å². The van der Waals surface area contributed by atoms with Crippen molar-refractivity contribution in [1.29, 1.82) is 0 Å². The summed E-state index contributed by atoms with van der Waals surface area (Å²) in [6.45, 7) is 10.7. The molecule has 0 spiro atoms. The first-order valence-corrected chi connectivity index (χ1v) is 6.02. The Morgan fingerprint density at radius 3 is 2.60 bits per heavy atom. The highest BCUT2D eigenvalue weighted by Crippen LogP contribution is 2.20. The lowest BCUT2D eigenvalue weighted by atomic mass is 9.99. The van der Waals surface area contributed by atoms with Crippen molar-refractivity contribution in [3.63, 3.8) is 0 Å². The molecule has 0 aromatic carbocycles. The van der Waals surface area contributed by atoms with Crippen molar-refractivity contribution in [3.05, 3.63) is 36.6 Å². The molecular weight excluding hydrogens is 182 g/mol. The summed E-state index contributed by atoms with van der Waals surface area (Å²) in [5, 5.41) is 0. The van der Waals surface area contributed by atoms with E-state index in [0.29, 0.717) is 0 Å². The number of hydrogen-bond donors (Lipinski definition) is 0. The number of allylic oxidation sites excluding steroid dienone is 4. The van der Waals surface area contributed by atoms with Gasteiger partial charge in [0.25, 0.3) is 0 Å². The highest BCUT2D eigenvalue weighted by molar-refractivity contribution is 5.21. The molecule has 0 saturated carbocycles. The molecule has 0 aliphatic carbocycles. The molecular formula is C14H23N. The molecule has 1 aliphatic rings. The molecule has 1 nitrogen and oxygen atoms in total. The van der Waals surface area contributed by atoms with Crippen molar-refractivity contribution >= 4 is 0 Å². The number of nitrogens with zero attached hydrogens (tertiary/aromatic N) is 1. The van der Waals surface area contributed by atoms with Crippen LogP contribution in [0.15, 0.2) is 36.6 Å². The summed E-state index contributed by atoms with van der Waals surface area (Å²) in [7, 11) is 0. The SMILES string of the molecule is C=C/C(=C\C=C/CC)N1CCC(C)CC1. The highest BCUT2D eigenvalue weighted by atomic mass is 15.1. The average molecular weight is 205 g/mol. The molecule has 0 atom stereocenters. The molecule has 1 heteroatoms. The maximum absolute atomic E-state index is 3.89. The van der Waals surface area contributed by atoms with Gasteiger partial charge in [-0.3, -0.25) is 0 Å². The Morgan fingerprint density at radius 1 is 1.40 bits per heavy atom. The lowest BCUT2D eigenvalue weighted by molar-refractivity contribution is 0.243. The average Bonchev–Trinajstić information content (AvgIpc) is 2.26. The smallest absolute Gasteiger partial charge is 0.0360 e. The van der Waals surface area contributed by atoms with Crippen molar-refractivity contribution in [3.8, 4) is 0 Å². The van der Waals surface area contributed by atoms with Crippen LogP contribution in [0.4, 0.5) is 0 Å². The molecule has 15 heavy (non-hydrogen) atoms. The van der Waals surface area contributed by atoms with Gasteiger partial charge in [-0.15, -0.1) is 0 Å². The van der Waals surface area contributed by atoms with Crippen LogP contribution >= 0.6 is 0 Å². The predicted octanol–water partition coefficient (Wildman–Crippen LogP) is 3.75. The van der Waals surface area contributed by atoms with E-state index in [1.165, 1.54) is 31.6 Å². The van der Waals surface area contributed by atoms with Gasteiger partial charge < -0.3 is 4.90 Å². The van der Waals surface area contributed by atoms with Crippen molar-refractivity contribution < 1.29 is 0 Å². The lowest BCUT2D eigenvalue weighted by Crippen LogP contribution is -2.31. The summed E-state index contributed by atoms with van der Waals surface area (Å²) in [6.07, 6.45) is 12.2. The van der Waals surface area contributed by atoms with Gasteiger partial charge in [0.2, 0.25) is 0 Å². The van der Waals surface area contributed by atoms with Gasteiger partial charge in [0.05, 0.1) is 0 Å².